The van der Waals surface area contributed by atoms with Gasteiger partial charge in [0.2, 0.25) is 5.78 Å². The molecule has 1 heterocycles. The molecule has 1 aliphatic heterocycles. The summed E-state index contributed by atoms with van der Waals surface area (Å²) >= 11 is 0. The molecule has 41 heavy (non-hydrogen) atoms. The van der Waals surface area contributed by atoms with Gasteiger partial charge >= 0.3 is 11.9 Å². The molecule has 0 aromatic heterocycles. The van der Waals surface area contributed by atoms with E-state index in [0.29, 0.717) is 24.2 Å². The number of aliphatic hydroxyl groups excluding tert-OH is 1. The molecular formula is C34H52O7. The predicted octanol–water partition coefficient (Wildman–Crippen LogP) is 6.64. The average Bonchev–Trinajstić information content (AvgIpc) is 3.14. The SMILES string of the molecule is C=C1CC[C@H]2[C@](C)(CCC=C(C)C)[C@@H](OC(=O)[C@H](O)[C@@H](C)CC)CC[C@]2(C)[C@@H]1CC1(C(=O)OC)OC(C)=C(C)C1=O. The first-order chi connectivity index (χ1) is 19.1. The van der Waals surface area contributed by atoms with Crippen LogP contribution in [0.3, 0.4) is 0 Å². The van der Waals surface area contributed by atoms with Crippen molar-refractivity contribution in [1.82, 2.24) is 0 Å². The van der Waals surface area contributed by atoms with E-state index in [0.717, 1.165) is 37.7 Å². The Morgan fingerprint density at radius 2 is 1.88 bits per heavy atom. The van der Waals surface area contributed by atoms with E-state index < -0.39 is 23.6 Å². The summed E-state index contributed by atoms with van der Waals surface area (Å²) in [4.78, 5) is 39.9. The number of carbonyl (C=O) groups is 3. The van der Waals surface area contributed by atoms with Crippen molar-refractivity contribution in [2.24, 2.45) is 28.6 Å². The zero-order valence-electron chi connectivity index (χ0n) is 26.7. The summed E-state index contributed by atoms with van der Waals surface area (Å²) in [5.74, 6) is -1.35. The fourth-order valence-corrected chi connectivity index (χ4v) is 7.87. The topological polar surface area (TPSA) is 99.1 Å². The zero-order valence-corrected chi connectivity index (χ0v) is 26.7. The monoisotopic (exact) mass is 572 g/mol. The summed E-state index contributed by atoms with van der Waals surface area (Å²) in [7, 11) is 1.29. The molecule has 0 aromatic carbocycles. The fourth-order valence-electron chi connectivity index (χ4n) is 7.87. The highest BCUT2D eigenvalue weighted by Gasteiger charge is 2.63. The highest BCUT2D eigenvalue weighted by atomic mass is 16.6. The van der Waals surface area contributed by atoms with Gasteiger partial charge in [0, 0.05) is 17.4 Å². The molecule has 0 saturated heterocycles. The Bertz CT molecular complexity index is 1110. The van der Waals surface area contributed by atoms with Crippen LogP contribution in [0.4, 0.5) is 0 Å². The number of ketones is 1. The third-order valence-electron chi connectivity index (χ3n) is 10.8. The second-order valence-electron chi connectivity index (χ2n) is 13.6. The lowest BCUT2D eigenvalue weighted by atomic mass is 9.44. The Balaban J connectivity index is 2.02. The van der Waals surface area contributed by atoms with Crippen molar-refractivity contribution >= 4 is 17.7 Å². The van der Waals surface area contributed by atoms with Gasteiger partial charge in [-0.15, -0.1) is 0 Å². The number of ether oxygens (including phenoxy) is 3. The van der Waals surface area contributed by atoms with Crippen molar-refractivity contribution in [3.63, 3.8) is 0 Å². The number of aliphatic hydroxyl groups is 1. The van der Waals surface area contributed by atoms with Crippen LogP contribution in [0.15, 0.2) is 35.1 Å². The molecule has 0 amide bonds. The van der Waals surface area contributed by atoms with Gasteiger partial charge in [-0.3, -0.25) is 4.79 Å². The quantitative estimate of drug-likeness (QED) is 0.178. The molecule has 7 heteroatoms. The second-order valence-corrected chi connectivity index (χ2v) is 13.6. The summed E-state index contributed by atoms with van der Waals surface area (Å²) in [6.07, 6.45) is 6.18. The highest BCUT2D eigenvalue weighted by molar-refractivity contribution is 6.16. The second kappa shape index (κ2) is 12.4. The van der Waals surface area contributed by atoms with Crippen molar-refractivity contribution in [2.75, 3.05) is 7.11 Å². The summed E-state index contributed by atoms with van der Waals surface area (Å²) in [6, 6.07) is 0. The Hall–Kier alpha value is -2.41. The molecule has 8 atom stereocenters. The van der Waals surface area contributed by atoms with Crippen LogP contribution >= 0.6 is 0 Å². The maximum absolute atomic E-state index is 13.5. The number of carbonyl (C=O) groups excluding carboxylic acids is 3. The van der Waals surface area contributed by atoms with Crippen molar-refractivity contribution in [2.45, 2.75) is 125 Å². The summed E-state index contributed by atoms with van der Waals surface area (Å²) in [5, 5.41) is 10.6. The third-order valence-corrected chi connectivity index (χ3v) is 10.8. The Labute approximate surface area is 246 Å². The molecule has 2 fully saturated rings. The molecule has 0 aromatic rings. The zero-order chi connectivity index (χ0) is 30.9. The summed E-state index contributed by atoms with van der Waals surface area (Å²) < 4.78 is 17.4. The molecule has 3 rings (SSSR count). The van der Waals surface area contributed by atoms with E-state index in [1.165, 1.54) is 12.7 Å². The molecule has 3 aliphatic rings. The van der Waals surface area contributed by atoms with E-state index in [1.54, 1.807) is 13.8 Å². The van der Waals surface area contributed by atoms with Crippen molar-refractivity contribution in [3.8, 4) is 0 Å². The summed E-state index contributed by atoms with van der Waals surface area (Å²) in [6.45, 7) is 20.3. The number of rotatable bonds is 10. The van der Waals surface area contributed by atoms with E-state index in [9.17, 15) is 19.5 Å². The number of hydrogen-bond acceptors (Lipinski definition) is 7. The molecule has 1 N–H and O–H groups in total. The van der Waals surface area contributed by atoms with Crippen LogP contribution in [0.1, 0.15) is 107 Å². The number of hydrogen-bond donors (Lipinski definition) is 1. The minimum atomic E-state index is -1.72. The standard InChI is InChI=1S/C34H52O7/c1-11-21(4)28(35)30(37)40-27-16-18-32(8)25(19-34(31(38)39-10)29(36)23(6)24(7)41-34)22(5)14-15-26(32)33(27,9)17-12-13-20(2)3/h13,21,25-28,35H,5,11-12,14-19H2,1-4,6-10H3/t21-,25+,26+,27-,28+,32+,33-,34?/m0/s1. The smallest absolute Gasteiger partial charge is 0.358 e. The van der Waals surface area contributed by atoms with Crippen LogP contribution < -0.4 is 0 Å². The van der Waals surface area contributed by atoms with Gasteiger partial charge in [-0.25, -0.2) is 9.59 Å². The van der Waals surface area contributed by atoms with Gasteiger partial charge < -0.3 is 19.3 Å². The van der Waals surface area contributed by atoms with E-state index in [4.69, 9.17) is 14.2 Å². The van der Waals surface area contributed by atoms with Crippen molar-refractivity contribution in [1.29, 1.82) is 0 Å². The molecule has 0 bridgehead atoms. The number of methoxy groups -OCH3 is 1. The van der Waals surface area contributed by atoms with E-state index >= 15 is 0 Å². The van der Waals surface area contributed by atoms with E-state index in [1.807, 2.05) is 13.8 Å². The molecule has 0 spiro atoms. The molecule has 1 unspecified atom stereocenters. The number of Topliss-reactive ketones (excluding diaryl/α,β-unsaturated/α-hetero) is 1. The molecule has 2 saturated carbocycles. The average molecular weight is 573 g/mol. The van der Waals surface area contributed by atoms with Gasteiger partial charge in [0.15, 0.2) is 6.10 Å². The lowest BCUT2D eigenvalue weighted by Gasteiger charge is -2.61. The first-order valence-electron chi connectivity index (χ1n) is 15.3. The van der Waals surface area contributed by atoms with Crippen molar-refractivity contribution in [3.05, 3.63) is 35.1 Å². The van der Waals surface area contributed by atoms with Gasteiger partial charge in [-0.2, -0.15) is 0 Å². The van der Waals surface area contributed by atoms with Crippen LogP contribution in [0, 0.1) is 28.6 Å². The van der Waals surface area contributed by atoms with Crippen LogP contribution in [0.2, 0.25) is 0 Å². The van der Waals surface area contributed by atoms with Crippen LogP contribution in [-0.4, -0.2) is 47.7 Å². The minimum Gasteiger partial charge on any atom is -0.471 e. The highest BCUT2D eigenvalue weighted by Crippen LogP contribution is 2.64. The third kappa shape index (κ3) is 5.93. The van der Waals surface area contributed by atoms with Gasteiger partial charge in [-0.05, 0) is 89.4 Å². The lowest BCUT2D eigenvalue weighted by Crippen LogP contribution is -2.59. The molecule has 7 nitrogen and oxygen atoms in total. The summed E-state index contributed by atoms with van der Waals surface area (Å²) in [5.41, 5.74) is 0.274. The predicted molar refractivity (Wildman–Crippen MR) is 159 cm³/mol. The van der Waals surface area contributed by atoms with Gasteiger partial charge in [0.1, 0.15) is 11.9 Å². The van der Waals surface area contributed by atoms with E-state index in [-0.39, 0.29) is 46.9 Å². The molecule has 230 valence electrons. The normalized spacial score (nSPS) is 34.8. The van der Waals surface area contributed by atoms with Gasteiger partial charge in [0.05, 0.1) is 7.11 Å². The Kier molecular flexibility index (Phi) is 10.0. The first-order valence-corrected chi connectivity index (χ1v) is 15.3. The minimum absolute atomic E-state index is 0.129. The first kappa shape index (κ1) is 33.1. The number of fused-ring (bicyclic) bond motifs is 1. The maximum Gasteiger partial charge on any atom is 0.358 e. The van der Waals surface area contributed by atoms with Gasteiger partial charge in [0.25, 0.3) is 5.60 Å². The van der Waals surface area contributed by atoms with Crippen LogP contribution in [0.5, 0.6) is 0 Å². The Morgan fingerprint density at radius 1 is 1.22 bits per heavy atom. The largest absolute Gasteiger partial charge is 0.471 e. The lowest BCUT2D eigenvalue weighted by molar-refractivity contribution is -0.194. The van der Waals surface area contributed by atoms with Crippen molar-refractivity contribution < 1.29 is 33.7 Å². The van der Waals surface area contributed by atoms with Crippen LogP contribution in [0.25, 0.3) is 0 Å². The number of esters is 2. The molecule has 2 aliphatic carbocycles. The number of allylic oxidation sites excluding steroid dienone is 4. The molecule has 0 radical (unpaired) electrons. The van der Waals surface area contributed by atoms with Crippen LogP contribution in [-0.2, 0) is 28.6 Å². The fraction of sp³-hybridized carbons (Fsp3) is 0.735. The Morgan fingerprint density at radius 3 is 2.41 bits per heavy atom. The molecular weight excluding hydrogens is 520 g/mol. The maximum atomic E-state index is 13.5. The van der Waals surface area contributed by atoms with E-state index in [2.05, 4.69) is 40.3 Å². The van der Waals surface area contributed by atoms with Gasteiger partial charge in [-0.1, -0.05) is 57.9 Å².